The van der Waals surface area contributed by atoms with Gasteiger partial charge in [-0.25, -0.2) is 0 Å². The van der Waals surface area contributed by atoms with Gasteiger partial charge in [0.05, 0.1) is 16.2 Å². The average Bonchev–Trinajstić information content (AvgIpc) is 2.07. The molecule has 0 bridgehead atoms. The molecule has 0 atom stereocenters. The number of rotatable bonds is 0. The van der Waals surface area contributed by atoms with Crippen LogP contribution in [-0.2, 0) is 0 Å². The molecular formula is C10H9ClN2. The standard InChI is InChI=1S/C10H9ClN2/c1-6-5-8-9(11)3-4-12-10(8)7(2)13-6/h3-5H,1-2H3. The lowest BCUT2D eigenvalue weighted by Crippen LogP contribution is -1.90. The summed E-state index contributed by atoms with van der Waals surface area (Å²) in [6.45, 7) is 3.90. The Morgan fingerprint density at radius 2 is 2.08 bits per heavy atom. The number of hydrogen-bond donors (Lipinski definition) is 0. The molecule has 3 heteroatoms. The third-order valence-corrected chi connectivity index (χ3v) is 2.31. The summed E-state index contributed by atoms with van der Waals surface area (Å²) in [5, 5.41) is 1.72. The zero-order valence-electron chi connectivity index (χ0n) is 7.50. The second-order valence-corrected chi connectivity index (χ2v) is 3.45. The Kier molecular flexibility index (Phi) is 1.93. The topological polar surface area (TPSA) is 25.8 Å². The zero-order chi connectivity index (χ0) is 9.42. The number of nitrogens with zero attached hydrogens (tertiary/aromatic N) is 2. The van der Waals surface area contributed by atoms with Gasteiger partial charge in [-0.3, -0.25) is 9.97 Å². The molecule has 2 rings (SSSR count). The van der Waals surface area contributed by atoms with Crippen molar-refractivity contribution in [3.63, 3.8) is 0 Å². The fraction of sp³-hybridized carbons (Fsp3) is 0.200. The summed E-state index contributed by atoms with van der Waals surface area (Å²) in [5.41, 5.74) is 2.79. The first kappa shape index (κ1) is 8.45. The first-order valence-corrected chi connectivity index (χ1v) is 4.45. The zero-order valence-corrected chi connectivity index (χ0v) is 8.26. The molecule has 0 saturated heterocycles. The van der Waals surface area contributed by atoms with Gasteiger partial charge in [-0.05, 0) is 26.0 Å². The van der Waals surface area contributed by atoms with Crippen LogP contribution in [0.1, 0.15) is 11.4 Å². The van der Waals surface area contributed by atoms with Crippen molar-refractivity contribution in [3.8, 4) is 0 Å². The van der Waals surface area contributed by atoms with Crippen molar-refractivity contribution in [2.24, 2.45) is 0 Å². The molecule has 0 unspecified atom stereocenters. The molecule has 0 radical (unpaired) electrons. The summed E-state index contributed by atoms with van der Waals surface area (Å²) in [5.74, 6) is 0. The summed E-state index contributed by atoms with van der Waals surface area (Å²) >= 11 is 6.03. The highest BCUT2D eigenvalue weighted by molar-refractivity contribution is 6.35. The molecule has 0 aliphatic rings. The van der Waals surface area contributed by atoms with Gasteiger partial charge >= 0.3 is 0 Å². The number of fused-ring (bicyclic) bond motifs is 1. The quantitative estimate of drug-likeness (QED) is 0.642. The second kappa shape index (κ2) is 2.96. The van der Waals surface area contributed by atoms with Crippen molar-refractivity contribution >= 4 is 22.5 Å². The summed E-state index contributed by atoms with van der Waals surface area (Å²) in [4.78, 5) is 8.56. The number of aryl methyl sites for hydroxylation is 2. The van der Waals surface area contributed by atoms with Gasteiger partial charge in [0.1, 0.15) is 0 Å². The molecule has 0 N–H and O–H groups in total. The molecule has 13 heavy (non-hydrogen) atoms. The highest BCUT2D eigenvalue weighted by atomic mass is 35.5. The van der Waals surface area contributed by atoms with E-state index in [1.807, 2.05) is 19.9 Å². The van der Waals surface area contributed by atoms with Crippen molar-refractivity contribution in [3.05, 3.63) is 34.7 Å². The predicted molar refractivity (Wildman–Crippen MR) is 54.0 cm³/mol. The highest BCUT2D eigenvalue weighted by Gasteiger charge is 2.03. The van der Waals surface area contributed by atoms with E-state index in [0.717, 1.165) is 27.3 Å². The third-order valence-electron chi connectivity index (χ3n) is 1.98. The molecule has 2 aromatic heterocycles. The number of halogens is 1. The smallest absolute Gasteiger partial charge is 0.0929 e. The summed E-state index contributed by atoms with van der Waals surface area (Å²) in [6.07, 6.45) is 1.70. The highest BCUT2D eigenvalue weighted by Crippen LogP contribution is 2.23. The number of hydrogen-bond acceptors (Lipinski definition) is 2. The molecule has 0 saturated carbocycles. The minimum Gasteiger partial charge on any atom is -0.256 e. The van der Waals surface area contributed by atoms with Crippen molar-refractivity contribution < 1.29 is 0 Å². The van der Waals surface area contributed by atoms with Crippen LogP contribution in [0.25, 0.3) is 10.9 Å². The molecule has 2 heterocycles. The van der Waals surface area contributed by atoms with Crippen LogP contribution in [0.4, 0.5) is 0 Å². The Bertz CT molecular complexity index is 466. The lowest BCUT2D eigenvalue weighted by molar-refractivity contribution is 1.13. The van der Waals surface area contributed by atoms with E-state index in [-0.39, 0.29) is 0 Å². The predicted octanol–water partition coefficient (Wildman–Crippen LogP) is 2.90. The van der Waals surface area contributed by atoms with Crippen LogP contribution in [0.15, 0.2) is 18.3 Å². The van der Waals surface area contributed by atoms with Gasteiger partial charge in [0.25, 0.3) is 0 Å². The molecule has 2 aromatic rings. The second-order valence-electron chi connectivity index (χ2n) is 3.04. The third kappa shape index (κ3) is 1.38. The van der Waals surface area contributed by atoms with Gasteiger partial charge in [-0.2, -0.15) is 0 Å². The van der Waals surface area contributed by atoms with Crippen LogP contribution >= 0.6 is 11.6 Å². The normalized spacial score (nSPS) is 10.7. The summed E-state index contributed by atoms with van der Waals surface area (Å²) < 4.78 is 0. The van der Waals surface area contributed by atoms with Gasteiger partial charge in [0, 0.05) is 17.3 Å². The molecular weight excluding hydrogens is 184 g/mol. The lowest BCUT2D eigenvalue weighted by Gasteiger charge is -2.03. The van der Waals surface area contributed by atoms with Crippen molar-refractivity contribution in [1.82, 2.24) is 9.97 Å². The van der Waals surface area contributed by atoms with E-state index in [0.29, 0.717) is 0 Å². The van der Waals surface area contributed by atoms with Gasteiger partial charge in [0.15, 0.2) is 0 Å². The largest absolute Gasteiger partial charge is 0.256 e. The van der Waals surface area contributed by atoms with Crippen molar-refractivity contribution in [2.75, 3.05) is 0 Å². The SMILES string of the molecule is Cc1cc2c(Cl)ccnc2c(C)n1. The Balaban J connectivity index is 2.94. The molecule has 0 aliphatic heterocycles. The Hall–Kier alpha value is -1.15. The molecule has 0 spiro atoms. The van der Waals surface area contributed by atoms with E-state index < -0.39 is 0 Å². The maximum absolute atomic E-state index is 6.03. The van der Waals surface area contributed by atoms with E-state index >= 15 is 0 Å². The van der Waals surface area contributed by atoms with Crippen molar-refractivity contribution in [2.45, 2.75) is 13.8 Å². The van der Waals surface area contributed by atoms with Crippen LogP contribution in [0, 0.1) is 13.8 Å². The molecule has 0 aliphatic carbocycles. The maximum Gasteiger partial charge on any atom is 0.0929 e. The fourth-order valence-corrected chi connectivity index (χ4v) is 1.63. The molecule has 0 fully saturated rings. The van der Waals surface area contributed by atoms with Gasteiger partial charge in [-0.1, -0.05) is 11.6 Å². The van der Waals surface area contributed by atoms with E-state index in [4.69, 9.17) is 11.6 Å². The first-order valence-electron chi connectivity index (χ1n) is 4.07. The van der Waals surface area contributed by atoms with E-state index in [9.17, 15) is 0 Å². The Labute approximate surface area is 81.6 Å². The maximum atomic E-state index is 6.03. The molecule has 66 valence electrons. The molecule has 0 amide bonds. The fourth-order valence-electron chi connectivity index (χ4n) is 1.43. The monoisotopic (exact) mass is 192 g/mol. The van der Waals surface area contributed by atoms with E-state index in [1.165, 1.54) is 0 Å². The van der Waals surface area contributed by atoms with Crippen LogP contribution in [-0.4, -0.2) is 9.97 Å². The average molecular weight is 193 g/mol. The summed E-state index contributed by atoms with van der Waals surface area (Å²) in [7, 11) is 0. The lowest BCUT2D eigenvalue weighted by atomic mass is 10.2. The van der Waals surface area contributed by atoms with Crippen LogP contribution in [0.2, 0.25) is 5.02 Å². The van der Waals surface area contributed by atoms with Crippen LogP contribution in [0.3, 0.4) is 0 Å². The number of pyridine rings is 2. The summed E-state index contributed by atoms with van der Waals surface area (Å²) in [6, 6.07) is 3.75. The Morgan fingerprint density at radius 1 is 1.31 bits per heavy atom. The van der Waals surface area contributed by atoms with Crippen molar-refractivity contribution in [1.29, 1.82) is 0 Å². The van der Waals surface area contributed by atoms with Crippen LogP contribution < -0.4 is 0 Å². The number of aromatic nitrogens is 2. The van der Waals surface area contributed by atoms with Gasteiger partial charge in [0.2, 0.25) is 0 Å². The minimum absolute atomic E-state index is 0.735. The van der Waals surface area contributed by atoms with Crippen LogP contribution in [0.5, 0.6) is 0 Å². The first-order chi connectivity index (χ1) is 6.18. The van der Waals surface area contributed by atoms with E-state index in [1.54, 1.807) is 12.3 Å². The molecule has 2 nitrogen and oxygen atoms in total. The van der Waals surface area contributed by atoms with Gasteiger partial charge < -0.3 is 0 Å². The minimum atomic E-state index is 0.735. The molecule has 0 aromatic carbocycles. The Morgan fingerprint density at radius 3 is 2.85 bits per heavy atom. The van der Waals surface area contributed by atoms with Gasteiger partial charge in [-0.15, -0.1) is 0 Å². The van der Waals surface area contributed by atoms with E-state index in [2.05, 4.69) is 9.97 Å².